The zero-order valence-electron chi connectivity index (χ0n) is 12.2. The van der Waals surface area contributed by atoms with E-state index in [1.54, 1.807) is 19.1 Å². The van der Waals surface area contributed by atoms with Crippen molar-refractivity contribution >= 4 is 10.1 Å². The molecule has 0 saturated heterocycles. The standard InChI is InChI=1S/C14H22O5S/c1-4-17-9-10-18-13(3)11-19-20(15,16)14-7-5-12(2)6-8-14/h5-8,13H,4,9-11H2,1-3H3/t13-/m0/s1. The van der Waals surface area contributed by atoms with Crippen LogP contribution in [-0.4, -0.2) is 40.9 Å². The zero-order valence-corrected chi connectivity index (χ0v) is 13.0. The van der Waals surface area contributed by atoms with E-state index in [-0.39, 0.29) is 17.6 Å². The predicted octanol–water partition coefficient (Wildman–Crippen LogP) is 2.14. The van der Waals surface area contributed by atoms with E-state index in [0.717, 1.165) is 5.56 Å². The lowest BCUT2D eigenvalue weighted by atomic mass is 10.2. The van der Waals surface area contributed by atoms with Gasteiger partial charge in [-0.15, -0.1) is 0 Å². The highest BCUT2D eigenvalue weighted by Gasteiger charge is 2.16. The highest BCUT2D eigenvalue weighted by atomic mass is 32.2. The van der Waals surface area contributed by atoms with Gasteiger partial charge in [0, 0.05) is 6.61 Å². The monoisotopic (exact) mass is 302 g/mol. The summed E-state index contributed by atoms with van der Waals surface area (Å²) in [4.78, 5) is 0.157. The summed E-state index contributed by atoms with van der Waals surface area (Å²) < 4.78 is 39.3. The van der Waals surface area contributed by atoms with E-state index in [0.29, 0.717) is 19.8 Å². The summed E-state index contributed by atoms with van der Waals surface area (Å²) >= 11 is 0. The smallest absolute Gasteiger partial charge is 0.297 e. The van der Waals surface area contributed by atoms with E-state index in [9.17, 15) is 8.42 Å². The molecule has 1 atom stereocenters. The average Bonchev–Trinajstić information content (AvgIpc) is 2.42. The molecule has 6 heteroatoms. The maximum Gasteiger partial charge on any atom is 0.297 e. The maximum absolute atomic E-state index is 11.9. The van der Waals surface area contributed by atoms with Crippen molar-refractivity contribution in [2.45, 2.75) is 31.8 Å². The summed E-state index contributed by atoms with van der Waals surface area (Å²) in [5.74, 6) is 0. The Balaban J connectivity index is 2.41. The molecular weight excluding hydrogens is 280 g/mol. The second kappa shape index (κ2) is 8.36. The third-order valence-electron chi connectivity index (χ3n) is 2.60. The molecule has 0 unspecified atom stereocenters. The van der Waals surface area contributed by atoms with Crippen molar-refractivity contribution in [3.63, 3.8) is 0 Å². The Kier molecular flexibility index (Phi) is 7.15. The van der Waals surface area contributed by atoms with Gasteiger partial charge >= 0.3 is 0 Å². The molecule has 1 rings (SSSR count). The molecule has 1 aromatic rings. The highest BCUT2D eigenvalue weighted by Crippen LogP contribution is 2.13. The van der Waals surface area contributed by atoms with Crippen LogP contribution < -0.4 is 0 Å². The molecule has 0 aliphatic heterocycles. The van der Waals surface area contributed by atoms with Crippen molar-refractivity contribution in [2.24, 2.45) is 0 Å². The summed E-state index contributed by atoms with van der Waals surface area (Å²) in [6.07, 6.45) is -0.310. The highest BCUT2D eigenvalue weighted by molar-refractivity contribution is 7.86. The van der Waals surface area contributed by atoms with Crippen molar-refractivity contribution < 1.29 is 22.1 Å². The van der Waals surface area contributed by atoms with Crippen molar-refractivity contribution in [1.82, 2.24) is 0 Å². The minimum Gasteiger partial charge on any atom is -0.379 e. The Morgan fingerprint density at radius 2 is 1.80 bits per heavy atom. The number of rotatable bonds is 9. The van der Waals surface area contributed by atoms with Gasteiger partial charge in [-0.3, -0.25) is 4.18 Å². The van der Waals surface area contributed by atoms with Gasteiger partial charge in [0.25, 0.3) is 10.1 Å². The first-order valence-corrected chi connectivity index (χ1v) is 8.02. The van der Waals surface area contributed by atoms with Gasteiger partial charge in [-0.1, -0.05) is 17.7 Å². The van der Waals surface area contributed by atoms with Crippen LogP contribution in [-0.2, 0) is 23.8 Å². The quantitative estimate of drug-likeness (QED) is 0.516. The summed E-state index contributed by atoms with van der Waals surface area (Å²) in [6, 6.07) is 6.53. The molecule has 5 nitrogen and oxygen atoms in total. The molecule has 0 radical (unpaired) electrons. The van der Waals surface area contributed by atoms with Crippen LogP contribution in [0.15, 0.2) is 29.2 Å². The van der Waals surface area contributed by atoms with Crippen LogP contribution in [0.3, 0.4) is 0 Å². The van der Waals surface area contributed by atoms with Crippen LogP contribution in [0.25, 0.3) is 0 Å². The SMILES string of the molecule is CCOCCO[C@@H](C)COS(=O)(=O)c1ccc(C)cc1. The summed E-state index contributed by atoms with van der Waals surface area (Å²) in [5.41, 5.74) is 0.997. The van der Waals surface area contributed by atoms with E-state index in [4.69, 9.17) is 13.7 Å². The molecule has 0 amide bonds. The van der Waals surface area contributed by atoms with Crippen molar-refractivity contribution in [3.05, 3.63) is 29.8 Å². The first-order valence-electron chi connectivity index (χ1n) is 6.61. The van der Waals surface area contributed by atoms with Crippen LogP contribution in [0.2, 0.25) is 0 Å². The van der Waals surface area contributed by atoms with E-state index in [1.165, 1.54) is 12.1 Å². The summed E-state index contributed by atoms with van der Waals surface area (Å²) in [5, 5.41) is 0. The molecular formula is C14H22O5S. The lowest BCUT2D eigenvalue weighted by Gasteiger charge is -2.13. The van der Waals surface area contributed by atoms with Gasteiger partial charge in [-0.05, 0) is 32.9 Å². The number of aryl methyl sites for hydroxylation is 1. The fraction of sp³-hybridized carbons (Fsp3) is 0.571. The van der Waals surface area contributed by atoms with Crippen LogP contribution >= 0.6 is 0 Å². The van der Waals surface area contributed by atoms with Gasteiger partial charge in [0.05, 0.1) is 30.8 Å². The Morgan fingerprint density at radius 1 is 1.15 bits per heavy atom. The minimum atomic E-state index is -3.72. The summed E-state index contributed by atoms with van der Waals surface area (Å²) in [6.45, 7) is 7.09. The molecule has 0 bridgehead atoms. The van der Waals surface area contributed by atoms with Gasteiger partial charge in [0.2, 0.25) is 0 Å². The third kappa shape index (κ3) is 6.00. The van der Waals surface area contributed by atoms with Crippen LogP contribution in [0.4, 0.5) is 0 Å². The summed E-state index contributed by atoms with van der Waals surface area (Å²) in [7, 11) is -3.72. The Bertz CT molecular complexity index is 481. The molecule has 0 aromatic heterocycles. The zero-order chi connectivity index (χ0) is 15.0. The fourth-order valence-electron chi connectivity index (χ4n) is 1.46. The molecule has 0 saturated carbocycles. The van der Waals surface area contributed by atoms with Crippen molar-refractivity contribution in [1.29, 1.82) is 0 Å². The molecule has 1 aromatic carbocycles. The molecule has 0 heterocycles. The number of hydrogen-bond donors (Lipinski definition) is 0. The average molecular weight is 302 g/mol. The topological polar surface area (TPSA) is 61.8 Å². The number of benzene rings is 1. The first kappa shape index (κ1) is 17.1. The Hall–Kier alpha value is -0.950. The molecule has 0 fully saturated rings. The predicted molar refractivity (Wildman–Crippen MR) is 76.2 cm³/mol. The van der Waals surface area contributed by atoms with E-state index >= 15 is 0 Å². The molecule has 0 spiro atoms. The lowest BCUT2D eigenvalue weighted by molar-refractivity contribution is -0.00255. The third-order valence-corrected chi connectivity index (χ3v) is 3.90. The van der Waals surface area contributed by atoms with Gasteiger partial charge < -0.3 is 9.47 Å². The number of hydrogen-bond acceptors (Lipinski definition) is 5. The normalized spacial score (nSPS) is 13.3. The number of ether oxygens (including phenoxy) is 2. The van der Waals surface area contributed by atoms with Crippen molar-refractivity contribution in [3.8, 4) is 0 Å². The molecule has 0 aliphatic carbocycles. The Morgan fingerprint density at radius 3 is 2.40 bits per heavy atom. The van der Waals surface area contributed by atoms with E-state index in [1.807, 2.05) is 13.8 Å². The van der Waals surface area contributed by atoms with Gasteiger partial charge in [-0.2, -0.15) is 8.42 Å². The van der Waals surface area contributed by atoms with Gasteiger partial charge in [-0.25, -0.2) is 0 Å². The van der Waals surface area contributed by atoms with Gasteiger partial charge in [0.15, 0.2) is 0 Å². The second-order valence-corrected chi connectivity index (χ2v) is 6.05. The Labute approximate surface area is 121 Å². The van der Waals surface area contributed by atoms with E-state index < -0.39 is 10.1 Å². The molecule has 0 aliphatic rings. The molecule has 20 heavy (non-hydrogen) atoms. The fourth-order valence-corrected chi connectivity index (χ4v) is 2.44. The van der Waals surface area contributed by atoms with Gasteiger partial charge in [0.1, 0.15) is 0 Å². The molecule has 114 valence electrons. The van der Waals surface area contributed by atoms with Crippen molar-refractivity contribution in [2.75, 3.05) is 26.4 Å². The van der Waals surface area contributed by atoms with E-state index in [2.05, 4.69) is 0 Å². The van der Waals surface area contributed by atoms with Crippen LogP contribution in [0, 0.1) is 6.92 Å². The largest absolute Gasteiger partial charge is 0.379 e. The maximum atomic E-state index is 11.9. The second-order valence-electron chi connectivity index (χ2n) is 4.43. The lowest BCUT2D eigenvalue weighted by Crippen LogP contribution is -2.21. The first-order chi connectivity index (χ1) is 9.45. The molecule has 0 N–H and O–H groups in total. The van der Waals surface area contributed by atoms with Crippen LogP contribution in [0.5, 0.6) is 0 Å². The van der Waals surface area contributed by atoms with Crippen LogP contribution in [0.1, 0.15) is 19.4 Å². The minimum absolute atomic E-state index is 0.0116.